The van der Waals surface area contributed by atoms with E-state index in [-0.39, 0.29) is 0 Å². The molecule has 12 heavy (non-hydrogen) atoms. The zero-order valence-electron chi connectivity index (χ0n) is 7.24. The second-order valence-corrected chi connectivity index (χ2v) is 3.26. The van der Waals surface area contributed by atoms with E-state index in [2.05, 4.69) is 24.9 Å². The van der Waals surface area contributed by atoms with Crippen LogP contribution in [0.1, 0.15) is 25.3 Å². The highest BCUT2D eigenvalue weighted by molar-refractivity contribution is 5.57. The van der Waals surface area contributed by atoms with E-state index in [4.69, 9.17) is 4.42 Å². The van der Waals surface area contributed by atoms with E-state index >= 15 is 0 Å². The highest BCUT2D eigenvalue weighted by atomic mass is 16.3. The molecule has 2 nitrogen and oxygen atoms in total. The van der Waals surface area contributed by atoms with Crippen molar-refractivity contribution in [3.63, 3.8) is 0 Å². The molecule has 0 aromatic rings. The van der Waals surface area contributed by atoms with Crippen LogP contribution in [0.4, 0.5) is 0 Å². The molecule has 0 unspecified atom stereocenters. The van der Waals surface area contributed by atoms with Crippen LogP contribution in [0.2, 0.25) is 0 Å². The summed E-state index contributed by atoms with van der Waals surface area (Å²) < 4.78 is 5.38. The molecule has 2 aliphatic rings. The Morgan fingerprint density at radius 3 is 2.92 bits per heavy atom. The van der Waals surface area contributed by atoms with Gasteiger partial charge in [0.1, 0.15) is 0 Å². The average Bonchev–Trinajstić information content (AvgIpc) is 2.49. The molecule has 0 fully saturated rings. The van der Waals surface area contributed by atoms with Crippen molar-refractivity contribution < 1.29 is 4.42 Å². The zero-order chi connectivity index (χ0) is 8.55. The molecule has 0 aromatic carbocycles. The minimum absolute atomic E-state index is 0.507. The van der Waals surface area contributed by atoms with E-state index in [1.807, 2.05) is 6.20 Å². The lowest BCUT2D eigenvalue weighted by molar-refractivity contribution is 0.553. The monoisotopic (exact) mass is 161 g/mol. The molecule has 2 heteroatoms. The third kappa shape index (κ3) is 1.09. The second kappa shape index (κ2) is 2.63. The van der Waals surface area contributed by atoms with Crippen molar-refractivity contribution in [1.82, 2.24) is 4.98 Å². The molecular weight excluding hydrogens is 150 g/mol. The molecule has 2 heterocycles. The summed E-state index contributed by atoms with van der Waals surface area (Å²) >= 11 is 0. The molecule has 0 N–H and O–H groups in total. The standard InChI is InChI=1S/C10H11NO/c1-7(2)9-3-8-4-11-5-10(8)12-6-9/h3-7H,1-2H3. The first kappa shape index (κ1) is 7.35. The lowest BCUT2D eigenvalue weighted by atomic mass is 10.0. The molecule has 0 spiro atoms. The van der Waals surface area contributed by atoms with Crippen LogP contribution >= 0.6 is 0 Å². The molecule has 2 aliphatic heterocycles. The lowest BCUT2D eigenvalue weighted by Crippen LogP contribution is -1.87. The fourth-order valence-corrected chi connectivity index (χ4v) is 1.18. The number of hydrogen-bond donors (Lipinski definition) is 0. The van der Waals surface area contributed by atoms with E-state index in [0.29, 0.717) is 5.92 Å². The first-order valence-electron chi connectivity index (χ1n) is 4.09. The van der Waals surface area contributed by atoms with Gasteiger partial charge < -0.3 is 4.42 Å². The summed E-state index contributed by atoms with van der Waals surface area (Å²) in [6.07, 6.45) is 5.36. The van der Waals surface area contributed by atoms with Crippen LogP contribution in [0.15, 0.2) is 29.1 Å². The highest BCUT2D eigenvalue weighted by Crippen LogP contribution is 2.25. The van der Waals surface area contributed by atoms with Crippen LogP contribution in [0.25, 0.3) is 11.3 Å². The van der Waals surface area contributed by atoms with Crippen molar-refractivity contribution in [3.05, 3.63) is 30.3 Å². The summed E-state index contributed by atoms with van der Waals surface area (Å²) in [5.74, 6) is 1.37. The van der Waals surface area contributed by atoms with Crippen molar-refractivity contribution in [2.75, 3.05) is 0 Å². The molecule has 0 atom stereocenters. The quantitative estimate of drug-likeness (QED) is 0.642. The first-order chi connectivity index (χ1) is 5.77. The molecule has 0 aliphatic carbocycles. The average molecular weight is 161 g/mol. The van der Waals surface area contributed by atoms with Crippen LogP contribution in [-0.4, -0.2) is 4.98 Å². The molecule has 0 radical (unpaired) electrons. The van der Waals surface area contributed by atoms with Gasteiger partial charge in [-0.1, -0.05) is 13.8 Å². The van der Waals surface area contributed by atoms with Gasteiger partial charge in [0.05, 0.1) is 12.5 Å². The summed E-state index contributed by atoms with van der Waals surface area (Å²) in [5, 5.41) is 0. The van der Waals surface area contributed by atoms with E-state index in [1.165, 1.54) is 5.56 Å². The second-order valence-electron chi connectivity index (χ2n) is 3.26. The number of rotatable bonds is 1. The Kier molecular flexibility index (Phi) is 1.61. The molecule has 0 saturated carbocycles. The SMILES string of the molecule is CC(C)c1coc2cncc-2c1. The van der Waals surface area contributed by atoms with Gasteiger partial charge in [-0.3, -0.25) is 4.98 Å². The molecular formula is C10H11NO. The van der Waals surface area contributed by atoms with Crippen LogP contribution in [0.5, 0.6) is 0 Å². The fourth-order valence-electron chi connectivity index (χ4n) is 1.18. The Bertz CT molecular complexity index is 351. The zero-order valence-corrected chi connectivity index (χ0v) is 7.24. The highest BCUT2D eigenvalue weighted by Gasteiger charge is 2.07. The van der Waals surface area contributed by atoms with Crippen molar-refractivity contribution in [2.45, 2.75) is 19.8 Å². The lowest BCUT2D eigenvalue weighted by Gasteiger charge is -2.05. The smallest absolute Gasteiger partial charge is 0.153 e. The van der Waals surface area contributed by atoms with Gasteiger partial charge in [0.15, 0.2) is 5.76 Å². The maximum absolute atomic E-state index is 5.38. The normalized spacial score (nSPS) is 11.2. The van der Waals surface area contributed by atoms with Crippen molar-refractivity contribution in [1.29, 1.82) is 0 Å². The fraction of sp³-hybridized carbons (Fsp3) is 0.300. The maximum atomic E-state index is 5.38. The Labute approximate surface area is 71.6 Å². The van der Waals surface area contributed by atoms with Crippen LogP contribution in [0.3, 0.4) is 0 Å². The number of fused-ring (bicyclic) bond motifs is 1. The molecule has 0 amide bonds. The van der Waals surface area contributed by atoms with Crippen molar-refractivity contribution in [3.8, 4) is 11.3 Å². The molecule has 62 valence electrons. The summed E-state index contributed by atoms with van der Waals surface area (Å²) in [7, 11) is 0. The van der Waals surface area contributed by atoms with E-state index in [9.17, 15) is 0 Å². The minimum Gasteiger partial charge on any atom is -0.462 e. The van der Waals surface area contributed by atoms with Crippen LogP contribution in [-0.2, 0) is 0 Å². The Morgan fingerprint density at radius 1 is 1.33 bits per heavy atom. The van der Waals surface area contributed by atoms with Gasteiger partial charge in [0.25, 0.3) is 0 Å². The summed E-state index contributed by atoms with van der Waals surface area (Å²) in [6, 6.07) is 2.12. The predicted octanol–water partition coefficient (Wildman–Crippen LogP) is 2.90. The summed E-state index contributed by atoms with van der Waals surface area (Å²) in [6.45, 7) is 4.29. The number of nitrogens with zero attached hydrogens (tertiary/aromatic N) is 1. The Balaban J connectivity index is 2.54. The summed E-state index contributed by atoms with van der Waals surface area (Å²) in [5.41, 5.74) is 2.30. The van der Waals surface area contributed by atoms with Gasteiger partial charge >= 0.3 is 0 Å². The Morgan fingerprint density at radius 2 is 2.17 bits per heavy atom. The third-order valence-corrected chi connectivity index (χ3v) is 2.00. The molecule has 0 bridgehead atoms. The minimum atomic E-state index is 0.507. The van der Waals surface area contributed by atoms with Gasteiger partial charge in [-0.2, -0.15) is 0 Å². The van der Waals surface area contributed by atoms with Gasteiger partial charge in [0, 0.05) is 11.8 Å². The largest absolute Gasteiger partial charge is 0.462 e. The van der Waals surface area contributed by atoms with Crippen LogP contribution in [0, 0.1) is 0 Å². The maximum Gasteiger partial charge on any atom is 0.153 e. The molecule has 0 saturated heterocycles. The number of aromatic nitrogens is 1. The third-order valence-electron chi connectivity index (χ3n) is 2.00. The first-order valence-corrected chi connectivity index (χ1v) is 4.09. The van der Waals surface area contributed by atoms with Crippen molar-refractivity contribution in [2.24, 2.45) is 0 Å². The van der Waals surface area contributed by atoms with Crippen molar-refractivity contribution >= 4 is 0 Å². The van der Waals surface area contributed by atoms with Gasteiger partial charge in [-0.15, -0.1) is 0 Å². The molecule has 2 rings (SSSR count). The van der Waals surface area contributed by atoms with Gasteiger partial charge in [0.2, 0.25) is 0 Å². The van der Waals surface area contributed by atoms with E-state index in [0.717, 1.165) is 11.3 Å². The summed E-state index contributed by atoms with van der Waals surface area (Å²) in [4.78, 5) is 4.01. The van der Waals surface area contributed by atoms with Gasteiger partial charge in [-0.25, -0.2) is 0 Å². The van der Waals surface area contributed by atoms with Crippen LogP contribution < -0.4 is 0 Å². The van der Waals surface area contributed by atoms with E-state index in [1.54, 1.807) is 12.5 Å². The van der Waals surface area contributed by atoms with Gasteiger partial charge in [-0.05, 0) is 17.5 Å². The Hall–Kier alpha value is -1.31. The van der Waals surface area contributed by atoms with E-state index < -0.39 is 0 Å². The number of hydrogen-bond acceptors (Lipinski definition) is 2. The predicted molar refractivity (Wildman–Crippen MR) is 47.2 cm³/mol. The molecule has 0 aromatic heterocycles. The topological polar surface area (TPSA) is 26.0 Å².